The molecule has 4 aliphatic carbocycles. The van der Waals surface area contributed by atoms with Crippen LogP contribution in [0.5, 0.6) is 0 Å². The second kappa shape index (κ2) is 5.61. The number of allylic oxidation sites excluding steroid dienone is 4. The fourth-order valence-electron chi connectivity index (χ4n) is 8.49. The van der Waals surface area contributed by atoms with Gasteiger partial charge in [-0.1, -0.05) is 73.9 Å². The smallest absolute Gasteiger partial charge is 0.0802 e. The first-order valence-electron chi connectivity index (χ1n) is 10.6. The van der Waals surface area contributed by atoms with Crippen LogP contribution in [0.3, 0.4) is 0 Å². The van der Waals surface area contributed by atoms with Crippen LogP contribution in [-0.2, 0) is 0 Å². The number of fused-ring (bicyclic) bond motifs is 5. The summed E-state index contributed by atoms with van der Waals surface area (Å²) >= 11 is 0. The van der Waals surface area contributed by atoms with Crippen LogP contribution in [0, 0.1) is 28.6 Å². The van der Waals surface area contributed by atoms with Crippen molar-refractivity contribution in [2.45, 2.75) is 75.5 Å². The summed E-state index contributed by atoms with van der Waals surface area (Å²) in [6.45, 7) is 17.7. The van der Waals surface area contributed by atoms with Crippen LogP contribution in [0.25, 0.3) is 0 Å². The fraction of sp³-hybridized carbons (Fsp3) is 0.739. The van der Waals surface area contributed by atoms with Crippen molar-refractivity contribution in [1.82, 2.24) is 0 Å². The van der Waals surface area contributed by atoms with Crippen LogP contribution in [0.2, 0.25) is 15.7 Å². The van der Waals surface area contributed by atoms with Crippen molar-refractivity contribution in [3.63, 3.8) is 0 Å². The Balaban J connectivity index is 1.90. The van der Waals surface area contributed by atoms with Crippen LogP contribution in [0.1, 0.15) is 59.8 Å². The van der Waals surface area contributed by atoms with Gasteiger partial charge in [0.25, 0.3) is 0 Å². The maximum atomic E-state index is 7.03. The van der Waals surface area contributed by atoms with Gasteiger partial charge >= 0.3 is 0 Å². The fourth-order valence-corrected chi connectivity index (χ4v) is 8.49. The lowest BCUT2D eigenvalue weighted by atomic mass is 9.32. The summed E-state index contributed by atoms with van der Waals surface area (Å²) < 4.78 is 0. The number of rotatable bonds is 0. The molecular formula is C23H29B5. The molecule has 3 saturated carbocycles. The van der Waals surface area contributed by atoms with E-state index in [2.05, 4.69) is 40.9 Å². The highest BCUT2D eigenvalue weighted by Gasteiger charge is 2.64. The largest absolute Gasteiger partial charge is 0.0995 e. The van der Waals surface area contributed by atoms with Crippen molar-refractivity contribution < 1.29 is 0 Å². The molecule has 6 unspecified atom stereocenters. The molecule has 0 N–H and O–H groups in total. The molecule has 0 nitrogen and oxygen atoms in total. The highest BCUT2D eigenvalue weighted by molar-refractivity contribution is 6.42. The van der Waals surface area contributed by atoms with Gasteiger partial charge in [0.2, 0.25) is 0 Å². The summed E-state index contributed by atoms with van der Waals surface area (Å²) in [5.41, 5.74) is 4.31. The van der Waals surface area contributed by atoms with E-state index in [0.717, 1.165) is 36.8 Å². The molecule has 6 atom stereocenters. The van der Waals surface area contributed by atoms with Gasteiger partial charge < -0.3 is 0 Å². The second-order valence-corrected chi connectivity index (χ2v) is 11.6. The van der Waals surface area contributed by atoms with Gasteiger partial charge in [-0.25, -0.2) is 0 Å². The highest BCUT2D eigenvalue weighted by atomic mass is 14.7. The van der Waals surface area contributed by atoms with Crippen molar-refractivity contribution in [3.8, 4) is 0 Å². The summed E-state index contributed by atoms with van der Waals surface area (Å²) in [5, 5.41) is -1.98. The summed E-state index contributed by atoms with van der Waals surface area (Å²) in [4.78, 5) is 0. The Morgan fingerprint density at radius 3 is 2.14 bits per heavy atom. The first-order valence-corrected chi connectivity index (χ1v) is 10.6. The lowest BCUT2D eigenvalue weighted by Gasteiger charge is -2.65. The van der Waals surface area contributed by atoms with Gasteiger partial charge in [0.15, 0.2) is 0 Å². The Morgan fingerprint density at radius 1 is 0.929 bits per heavy atom. The molecule has 136 valence electrons. The lowest BCUT2D eigenvalue weighted by molar-refractivity contribution is -0.00808. The molecule has 0 bridgehead atoms. The zero-order valence-corrected chi connectivity index (χ0v) is 18.1. The molecule has 0 aromatic heterocycles. The molecule has 3 fully saturated rings. The molecule has 0 saturated heterocycles. The molecule has 0 spiro atoms. The monoisotopic (exact) mass is 360 g/mol. The van der Waals surface area contributed by atoms with E-state index in [1.54, 1.807) is 0 Å². The Hall–Kier alpha value is -0.455. The zero-order valence-electron chi connectivity index (χ0n) is 18.1. The maximum Gasteiger partial charge on any atom is 0.0802 e. The molecular weight excluding hydrogens is 330 g/mol. The minimum atomic E-state index is -0.928. The lowest BCUT2D eigenvalue weighted by Crippen LogP contribution is -2.55. The summed E-state index contributed by atoms with van der Waals surface area (Å²) in [6.07, 6.45) is 4.18. The van der Waals surface area contributed by atoms with Gasteiger partial charge in [0.1, 0.15) is 0 Å². The predicted molar refractivity (Wildman–Crippen MR) is 123 cm³/mol. The van der Waals surface area contributed by atoms with Crippen LogP contribution in [0.4, 0.5) is 0 Å². The summed E-state index contributed by atoms with van der Waals surface area (Å²) in [6, 6.07) is 0. The quantitative estimate of drug-likeness (QED) is 0.440. The molecule has 28 heavy (non-hydrogen) atoms. The van der Waals surface area contributed by atoms with Crippen LogP contribution >= 0.6 is 0 Å². The Labute approximate surface area is 178 Å². The van der Waals surface area contributed by atoms with Crippen molar-refractivity contribution in [1.29, 1.82) is 0 Å². The second-order valence-electron chi connectivity index (χ2n) is 11.6. The molecule has 0 aromatic rings. The van der Waals surface area contributed by atoms with E-state index in [9.17, 15) is 0 Å². The summed E-state index contributed by atoms with van der Waals surface area (Å²) in [5.74, 6) is 1.12. The average Bonchev–Trinajstić information content (AvgIpc) is 2.71. The Bertz CT molecular complexity index is 804. The first kappa shape index (κ1) is 20.8. The molecule has 4 aliphatic rings. The SMILES string of the molecule is [B]C1([B])CC2C3CC([B])(C)C4=C(C)C(=C)C([B])([B])CC4(C)C3C(=C)CC2(C)C1. The van der Waals surface area contributed by atoms with E-state index in [1.807, 2.05) is 0 Å². The van der Waals surface area contributed by atoms with E-state index in [1.165, 1.54) is 11.1 Å². The third-order valence-corrected chi connectivity index (χ3v) is 8.78. The van der Waals surface area contributed by atoms with Gasteiger partial charge in [-0.2, -0.15) is 0 Å². The molecule has 0 aromatic carbocycles. The third-order valence-electron chi connectivity index (χ3n) is 8.78. The van der Waals surface area contributed by atoms with Gasteiger partial charge in [-0.05, 0) is 65.7 Å². The molecule has 10 radical (unpaired) electrons. The van der Waals surface area contributed by atoms with E-state index in [0.29, 0.717) is 24.2 Å². The molecule has 5 heteroatoms. The van der Waals surface area contributed by atoms with Crippen LogP contribution in [0.15, 0.2) is 35.5 Å². The standard InChI is InChI=1S/C23H29B5/c1-12-7-19(4)10-22(25,26)9-16(19)15-8-21(6,24)18-13(2)14(3)23(27,28)11-20(18,5)17(12)15/h15-17H,1,3,7-11H2,2,4-6H3. The van der Waals surface area contributed by atoms with Gasteiger partial charge in [-0.15, -0.1) is 0 Å². The van der Waals surface area contributed by atoms with Crippen molar-refractivity contribution in [3.05, 3.63) is 35.5 Å². The van der Waals surface area contributed by atoms with E-state index in [-0.39, 0.29) is 10.8 Å². The normalized spacial score (nSPS) is 49.4. The Morgan fingerprint density at radius 2 is 1.54 bits per heavy atom. The number of hydrogen-bond donors (Lipinski definition) is 0. The van der Waals surface area contributed by atoms with Gasteiger partial charge in [0, 0.05) is 0 Å². The number of hydrogen-bond acceptors (Lipinski definition) is 0. The van der Waals surface area contributed by atoms with Crippen LogP contribution in [-0.4, -0.2) is 39.2 Å². The molecule has 0 heterocycles. The third kappa shape index (κ3) is 2.63. The zero-order chi connectivity index (χ0) is 21.1. The maximum absolute atomic E-state index is 7.03. The first-order chi connectivity index (χ1) is 12.5. The molecule has 4 rings (SSSR count). The minimum Gasteiger partial charge on any atom is -0.0995 e. The van der Waals surface area contributed by atoms with Crippen molar-refractivity contribution in [2.75, 3.05) is 0 Å². The van der Waals surface area contributed by atoms with Gasteiger partial charge in [-0.3, -0.25) is 0 Å². The van der Waals surface area contributed by atoms with Crippen molar-refractivity contribution in [2.24, 2.45) is 28.6 Å². The topological polar surface area (TPSA) is 0 Å². The Kier molecular flexibility index (Phi) is 4.17. The minimum absolute atomic E-state index is 0.0885. The van der Waals surface area contributed by atoms with E-state index in [4.69, 9.17) is 39.2 Å². The van der Waals surface area contributed by atoms with Crippen LogP contribution < -0.4 is 0 Å². The molecule has 0 amide bonds. The van der Waals surface area contributed by atoms with E-state index >= 15 is 0 Å². The van der Waals surface area contributed by atoms with E-state index < -0.39 is 15.7 Å². The average molecular weight is 360 g/mol. The van der Waals surface area contributed by atoms with Gasteiger partial charge in [0.05, 0.1) is 39.2 Å². The van der Waals surface area contributed by atoms with Crippen molar-refractivity contribution >= 4 is 39.2 Å². The highest BCUT2D eigenvalue weighted by Crippen LogP contribution is 2.75. The predicted octanol–water partition coefficient (Wildman–Crippen LogP) is 4.53. The summed E-state index contributed by atoms with van der Waals surface area (Å²) in [7, 11) is 33.1. The molecule has 0 aliphatic heterocycles.